The van der Waals surface area contributed by atoms with Crippen LogP contribution in [0.25, 0.3) is 3.58 Å². The number of benzene rings is 1. The van der Waals surface area contributed by atoms with Crippen LogP contribution in [0.2, 0.25) is 0 Å². The minimum absolute atomic E-state index is 0.156. The zero-order valence-electron chi connectivity index (χ0n) is 7.63. The topological polar surface area (TPSA) is 20.2 Å². The summed E-state index contributed by atoms with van der Waals surface area (Å²) in [5.74, 6) is 0. The van der Waals surface area contributed by atoms with Crippen LogP contribution in [0, 0.1) is 0 Å². The summed E-state index contributed by atoms with van der Waals surface area (Å²) in [6.45, 7) is 2.22. The Balaban J connectivity index is 3.01. The van der Waals surface area contributed by atoms with Gasteiger partial charge in [-0.25, -0.2) is 0 Å². The molecule has 0 heterocycles. The maximum Gasteiger partial charge on any atom is 0.0655 e. The van der Waals surface area contributed by atoms with E-state index in [2.05, 4.69) is 41.6 Å². The van der Waals surface area contributed by atoms with Crippen molar-refractivity contribution in [1.29, 1.82) is 0 Å². The fraction of sp³-hybridized carbons (Fsp3) is 0.273. The summed E-state index contributed by atoms with van der Waals surface area (Å²) < 4.78 is 1.17. The zero-order chi connectivity index (χ0) is 9.68. The van der Waals surface area contributed by atoms with Crippen molar-refractivity contribution in [3.63, 3.8) is 0 Å². The van der Waals surface area contributed by atoms with Gasteiger partial charge in [0.05, 0.1) is 6.61 Å². The Morgan fingerprint density at radius 2 is 1.92 bits per heavy atom. The number of rotatable bonds is 3. The van der Waals surface area contributed by atoms with Crippen molar-refractivity contribution in [2.75, 3.05) is 6.61 Å². The molecule has 1 aromatic rings. The number of aliphatic hydroxyl groups excluding tert-OH is 1. The lowest BCUT2D eigenvalue weighted by atomic mass is 10.1. The molecule has 1 aromatic carbocycles. The van der Waals surface area contributed by atoms with Gasteiger partial charge in [-0.15, -0.1) is 0 Å². The molecule has 2 heteroatoms. The van der Waals surface area contributed by atoms with Crippen molar-refractivity contribution in [2.45, 2.75) is 13.3 Å². The summed E-state index contributed by atoms with van der Waals surface area (Å²) >= 11 is 2.29. The third kappa shape index (κ3) is 2.81. The van der Waals surface area contributed by atoms with E-state index in [1.165, 1.54) is 9.14 Å². The molecule has 1 N–H and O–H groups in total. The van der Waals surface area contributed by atoms with E-state index in [0.717, 1.165) is 12.0 Å². The Kier molecular flexibility index (Phi) is 4.45. The first-order chi connectivity index (χ1) is 6.29. The second-order valence-electron chi connectivity index (χ2n) is 2.80. The summed E-state index contributed by atoms with van der Waals surface area (Å²) in [7, 11) is 0. The van der Waals surface area contributed by atoms with Crippen LogP contribution < -0.4 is 0 Å². The normalized spacial score (nSPS) is 12.5. The van der Waals surface area contributed by atoms with Crippen molar-refractivity contribution < 1.29 is 5.11 Å². The molecule has 0 saturated heterocycles. The highest BCUT2D eigenvalue weighted by atomic mass is 127. The van der Waals surface area contributed by atoms with Crippen LogP contribution in [0.4, 0.5) is 0 Å². The smallest absolute Gasteiger partial charge is 0.0655 e. The van der Waals surface area contributed by atoms with Gasteiger partial charge in [0.2, 0.25) is 0 Å². The number of aliphatic hydroxyl groups is 1. The molecule has 0 aliphatic rings. The van der Waals surface area contributed by atoms with E-state index in [9.17, 15) is 0 Å². The van der Waals surface area contributed by atoms with E-state index >= 15 is 0 Å². The third-order valence-electron chi connectivity index (χ3n) is 1.96. The van der Waals surface area contributed by atoms with Gasteiger partial charge >= 0.3 is 0 Å². The highest BCUT2D eigenvalue weighted by Crippen LogP contribution is 2.26. The average Bonchev–Trinajstić information content (AvgIpc) is 2.21. The van der Waals surface area contributed by atoms with Gasteiger partial charge in [-0.1, -0.05) is 37.3 Å². The SMILES string of the molecule is CC/C(CO)=C(/I)c1ccccc1. The van der Waals surface area contributed by atoms with Crippen molar-refractivity contribution in [1.82, 2.24) is 0 Å². The zero-order valence-corrected chi connectivity index (χ0v) is 9.78. The molecule has 0 radical (unpaired) electrons. The highest BCUT2D eigenvalue weighted by Gasteiger charge is 2.02. The third-order valence-corrected chi connectivity index (χ3v) is 3.34. The molecule has 0 aliphatic heterocycles. The standard InChI is InChI=1S/C11H13IO/c1-2-9(8-13)11(12)10-6-4-3-5-7-10/h3-7,13H,2,8H2,1H3/b11-9-. The highest BCUT2D eigenvalue weighted by molar-refractivity contribution is 14.1. The predicted molar refractivity (Wildman–Crippen MR) is 64.8 cm³/mol. The fourth-order valence-corrected chi connectivity index (χ4v) is 2.04. The first-order valence-electron chi connectivity index (χ1n) is 4.33. The van der Waals surface area contributed by atoms with Gasteiger partial charge in [-0.05, 0) is 40.1 Å². The summed E-state index contributed by atoms with van der Waals surface area (Å²) in [6, 6.07) is 10.1. The molecule has 13 heavy (non-hydrogen) atoms. The molecule has 0 unspecified atom stereocenters. The quantitative estimate of drug-likeness (QED) is 0.847. The van der Waals surface area contributed by atoms with Gasteiger partial charge in [0.1, 0.15) is 0 Å². The Labute approximate surface area is 92.6 Å². The fourth-order valence-electron chi connectivity index (χ4n) is 1.13. The van der Waals surface area contributed by atoms with Gasteiger partial charge in [0, 0.05) is 3.58 Å². The maximum atomic E-state index is 9.10. The average molecular weight is 288 g/mol. The van der Waals surface area contributed by atoms with Crippen molar-refractivity contribution in [2.24, 2.45) is 0 Å². The van der Waals surface area contributed by atoms with Gasteiger partial charge in [0.15, 0.2) is 0 Å². The molecule has 0 bridgehead atoms. The molecule has 1 nitrogen and oxygen atoms in total. The van der Waals surface area contributed by atoms with E-state index < -0.39 is 0 Å². The summed E-state index contributed by atoms with van der Waals surface area (Å²) in [5, 5.41) is 9.10. The Morgan fingerprint density at radius 3 is 2.38 bits per heavy atom. The predicted octanol–water partition coefficient (Wildman–Crippen LogP) is 3.24. The first kappa shape index (κ1) is 10.7. The molecular weight excluding hydrogens is 275 g/mol. The second kappa shape index (κ2) is 5.40. The second-order valence-corrected chi connectivity index (χ2v) is 3.87. The minimum atomic E-state index is 0.156. The number of hydrogen-bond donors (Lipinski definition) is 1. The molecule has 1 rings (SSSR count). The molecule has 70 valence electrons. The van der Waals surface area contributed by atoms with Crippen LogP contribution in [0.5, 0.6) is 0 Å². The lowest BCUT2D eigenvalue weighted by Gasteiger charge is -2.05. The van der Waals surface area contributed by atoms with Crippen LogP contribution in [-0.2, 0) is 0 Å². The molecule has 0 fully saturated rings. The van der Waals surface area contributed by atoms with Crippen molar-refractivity contribution in [3.8, 4) is 0 Å². The Morgan fingerprint density at radius 1 is 1.31 bits per heavy atom. The lowest BCUT2D eigenvalue weighted by molar-refractivity contribution is 0.329. The molecule has 0 amide bonds. The number of hydrogen-bond acceptors (Lipinski definition) is 1. The van der Waals surface area contributed by atoms with Crippen LogP contribution in [0.3, 0.4) is 0 Å². The maximum absolute atomic E-state index is 9.10. The Bertz CT molecular complexity index is 284. The van der Waals surface area contributed by atoms with E-state index in [1.54, 1.807) is 0 Å². The van der Waals surface area contributed by atoms with E-state index in [4.69, 9.17) is 5.11 Å². The van der Waals surface area contributed by atoms with Crippen molar-refractivity contribution in [3.05, 3.63) is 41.5 Å². The molecular formula is C11H13IO. The minimum Gasteiger partial charge on any atom is -0.392 e. The summed E-state index contributed by atoms with van der Waals surface area (Å²) in [5.41, 5.74) is 2.29. The van der Waals surface area contributed by atoms with Gasteiger partial charge in [0.25, 0.3) is 0 Å². The molecule has 0 atom stereocenters. The summed E-state index contributed by atoms with van der Waals surface area (Å²) in [6.07, 6.45) is 0.906. The van der Waals surface area contributed by atoms with Crippen molar-refractivity contribution >= 4 is 26.2 Å². The van der Waals surface area contributed by atoms with Crippen LogP contribution in [0.1, 0.15) is 18.9 Å². The first-order valence-corrected chi connectivity index (χ1v) is 5.41. The largest absolute Gasteiger partial charge is 0.392 e. The lowest BCUT2D eigenvalue weighted by Crippen LogP contribution is -1.91. The summed E-state index contributed by atoms with van der Waals surface area (Å²) in [4.78, 5) is 0. The van der Waals surface area contributed by atoms with E-state index in [1.807, 2.05) is 18.2 Å². The molecule has 0 aromatic heterocycles. The van der Waals surface area contributed by atoms with E-state index in [-0.39, 0.29) is 6.61 Å². The van der Waals surface area contributed by atoms with Gasteiger partial charge in [-0.2, -0.15) is 0 Å². The van der Waals surface area contributed by atoms with Gasteiger partial charge < -0.3 is 5.11 Å². The number of halogens is 1. The van der Waals surface area contributed by atoms with Crippen LogP contribution in [-0.4, -0.2) is 11.7 Å². The molecule has 0 saturated carbocycles. The Hall–Kier alpha value is -0.350. The molecule has 0 aliphatic carbocycles. The van der Waals surface area contributed by atoms with E-state index in [0.29, 0.717) is 0 Å². The van der Waals surface area contributed by atoms with Crippen LogP contribution >= 0.6 is 22.6 Å². The van der Waals surface area contributed by atoms with Gasteiger partial charge in [-0.3, -0.25) is 0 Å². The van der Waals surface area contributed by atoms with Crippen LogP contribution in [0.15, 0.2) is 35.9 Å². The molecule has 0 spiro atoms. The monoisotopic (exact) mass is 288 g/mol.